The summed E-state index contributed by atoms with van der Waals surface area (Å²) in [5.74, 6) is -1.18. The number of hydrogen-bond acceptors (Lipinski definition) is 4. The molecule has 24 heavy (non-hydrogen) atoms. The number of aliphatic carboxylic acids is 1. The summed E-state index contributed by atoms with van der Waals surface area (Å²) in [6.45, 7) is 5.58. The molecule has 0 saturated carbocycles. The second kappa shape index (κ2) is 9.05. The number of carboxylic acid groups (broad SMARTS) is 1. The third-order valence-corrected chi connectivity index (χ3v) is 11.5. The fourth-order valence-electron chi connectivity index (χ4n) is 3.36. The first-order chi connectivity index (χ1) is 11.1. The molecule has 0 bridgehead atoms. The Labute approximate surface area is 149 Å². The lowest BCUT2D eigenvalue weighted by Crippen LogP contribution is -2.47. The van der Waals surface area contributed by atoms with Gasteiger partial charge < -0.3 is 19.4 Å². The summed E-state index contributed by atoms with van der Waals surface area (Å²) in [5, 5.41) is 9.41. The molecule has 1 aliphatic rings. The SMILES string of the molecule is CC(=O)[Si](C)(CCCC(CCC1([SiH3])CCCCO1)C(=O)O)C(C)=O. The van der Waals surface area contributed by atoms with Gasteiger partial charge in [0.25, 0.3) is 0 Å². The van der Waals surface area contributed by atoms with E-state index >= 15 is 0 Å². The van der Waals surface area contributed by atoms with Crippen LogP contribution in [-0.4, -0.2) is 52.0 Å². The number of carbonyl (C=O) groups excluding carboxylic acids is 2. The van der Waals surface area contributed by atoms with Gasteiger partial charge in [0.05, 0.1) is 5.92 Å². The molecule has 0 aromatic carbocycles. The van der Waals surface area contributed by atoms with E-state index in [1.807, 2.05) is 0 Å². The Morgan fingerprint density at radius 2 is 1.83 bits per heavy atom. The number of carbonyl (C=O) groups is 3. The Balaban J connectivity index is 2.53. The molecular weight excluding hydrogens is 340 g/mol. The molecule has 0 amide bonds. The zero-order valence-corrected chi connectivity index (χ0v) is 18.5. The van der Waals surface area contributed by atoms with E-state index < -0.39 is 20.0 Å². The van der Waals surface area contributed by atoms with Gasteiger partial charge in [-0.3, -0.25) is 4.79 Å². The van der Waals surface area contributed by atoms with Crippen molar-refractivity contribution in [1.82, 2.24) is 0 Å². The van der Waals surface area contributed by atoms with Crippen LogP contribution in [0.4, 0.5) is 0 Å². The van der Waals surface area contributed by atoms with Gasteiger partial charge in [-0.05, 0) is 58.4 Å². The van der Waals surface area contributed by atoms with Gasteiger partial charge in [0.2, 0.25) is 8.07 Å². The molecule has 1 saturated heterocycles. The van der Waals surface area contributed by atoms with Crippen LogP contribution in [0.25, 0.3) is 0 Å². The van der Waals surface area contributed by atoms with Crippen molar-refractivity contribution >= 4 is 35.1 Å². The molecule has 0 aromatic heterocycles. The van der Waals surface area contributed by atoms with Crippen molar-refractivity contribution in [3.63, 3.8) is 0 Å². The number of ether oxygens (including phenoxy) is 1. The molecule has 0 radical (unpaired) electrons. The first kappa shape index (κ1) is 21.2. The topological polar surface area (TPSA) is 80.7 Å². The minimum absolute atomic E-state index is 0.00371. The lowest BCUT2D eigenvalue weighted by molar-refractivity contribution is -0.142. The Morgan fingerprint density at radius 3 is 2.29 bits per heavy atom. The third kappa shape index (κ3) is 5.93. The van der Waals surface area contributed by atoms with E-state index in [-0.39, 0.29) is 16.0 Å². The minimum Gasteiger partial charge on any atom is -0.481 e. The minimum atomic E-state index is -2.56. The second-order valence-corrected chi connectivity index (χ2v) is 14.1. The lowest BCUT2D eigenvalue weighted by Gasteiger charge is -2.35. The molecule has 1 heterocycles. The Bertz CT molecular complexity index is 458. The molecule has 1 N–H and O–H groups in total. The summed E-state index contributed by atoms with van der Waals surface area (Å²) >= 11 is 0. The Morgan fingerprint density at radius 1 is 1.21 bits per heavy atom. The maximum absolute atomic E-state index is 11.8. The van der Waals surface area contributed by atoms with Crippen molar-refractivity contribution in [2.45, 2.75) is 76.6 Å². The van der Waals surface area contributed by atoms with Crippen LogP contribution >= 0.6 is 0 Å². The van der Waals surface area contributed by atoms with Gasteiger partial charge in [0.1, 0.15) is 10.8 Å². The predicted octanol–water partition coefficient (Wildman–Crippen LogP) is 1.84. The van der Waals surface area contributed by atoms with Crippen molar-refractivity contribution < 1.29 is 24.2 Å². The van der Waals surface area contributed by atoms with E-state index in [1.165, 1.54) is 20.3 Å². The van der Waals surface area contributed by atoms with Gasteiger partial charge in [-0.15, -0.1) is 0 Å². The third-order valence-electron chi connectivity index (χ3n) is 5.70. The summed E-state index contributed by atoms with van der Waals surface area (Å²) in [6, 6.07) is 0.559. The second-order valence-electron chi connectivity index (χ2n) is 7.67. The molecular formula is C17H32O5Si2. The molecule has 138 valence electrons. The Kier molecular flexibility index (Phi) is 8.02. The molecule has 0 aliphatic carbocycles. The van der Waals surface area contributed by atoms with Crippen LogP contribution in [0.2, 0.25) is 12.6 Å². The predicted molar refractivity (Wildman–Crippen MR) is 99.9 cm³/mol. The first-order valence-corrected chi connectivity index (χ1v) is 12.7. The van der Waals surface area contributed by atoms with Gasteiger partial charge in [0, 0.05) is 22.1 Å². The lowest BCUT2D eigenvalue weighted by atomic mass is 9.93. The smallest absolute Gasteiger partial charge is 0.306 e. The van der Waals surface area contributed by atoms with Gasteiger partial charge in [-0.2, -0.15) is 0 Å². The van der Waals surface area contributed by atoms with Crippen molar-refractivity contribution in [3.8, 4) is 0 Å². The highest BCUT2D eigenvalue weighted by atomic mass is 28.3. The van der Waals surface area contributed by atoms with Crippen LogP contribution in [0.1, 0.15) is 58.8 Å². The van der Waals surface area contributed by atoms with E-state index in [1.54, 1.807) is 6.55 Å². The van der Waals surface area contributed by atoms with E-state index in [2.05, 4.69) is 0 Å². The van der Waals surface area contributed by atoms with Crippen molar-refractivity contribution in [2.75, 3.05) is 6.61 Å². The summed E-state index contributed by atoms with van der Waals surface area (Å²) in [6.07, 6.45) is 5.92. The van der Waals surface area contributed by atoms with E-state index in [9.17, 15) is 19.5 Å². The van der Waals surface area contributed by atoms with Crippen LogP contribution < -0.4 is 0 Å². The zero-order valence-electron chi connectivity index (χ0n) is 15.5. The summed E-state index contributed by atoms with van der Waals surface area (Å²) < 4.78 is 5.90. The monoisotopic (exact) mass is 372 g/mol. The van der Waals surface area contributed by atoms with Gasteiger partial charge in [-0.25, -0.2) is 0 Å². The number of rotatable bonds is 10. The maximum atomic E-state index is 11.8. The van der Waals surface area contributed by atoms with Crippen LogP contribution in [0.5, 0.6) is 0 Å². The highest BCUT2D eigenvalue weighted by Gasteiger charge is 2.38. The quantitative estimate of drug-likeness (QED) is 0.592. The van der Waals surface area contributed by atoms with Crippen molar-refractivity contribution in [1.29, 1.82) is 0 Å². The van der Waals surface area contributed by atoms with Gasteiger partial charge in [-0.1, -0.05) is 13.0 Å². The molecule has 1 fully saturated rings. The summed E-state index contributed by atoms with van der Waals surface area (Å²) in [7, 11) is -1.64. The summed E-state index contributed by atoms with van der Waals surface area (Å²) in [5.41, 5.74) is 0. The van der Waals surface area contributed by atoms with Crippen LogP contribution in [-0.2, 0) is 19.1 Å². The van der Waals surface area contributed by atoms with Crippen LogP contribution in [0.15, 0.2) is 0 Å². The van der Waals surface area contributed by atoms with E-state index in [4.69, 9.17) is 4.74 Å². The van der Waals surface area contributed by atoms with E-state index in [0.29, 0.717) is 25.3 Å². The average molecular weight is 373 g/mol. The molecule has 1 aliphatic heterocycles. The molecule has 0 aromatic rings. The summed E-state index contributed by atoms with van der Waals surface area (Å²) in [4.78, 5) is 35.2. The number of hydrogen-bond donors (Lipinski definition) is 1. The van der Waals surface area contributed by atoms with Crippen molar-refractivity contribution in [2.24, 2.45) is 5.92 Å². The van der Waals surface area contributed by atoms with Crippen LogP contribution in [0.3, 0.4) is 0 Å². The highest BCUT2D eigenvalue weighted by molar-refractivity contribution is 7.24. The van der Waals surface area contributed by atoms with Gasteiger partial charge >= 0.3 is 5.97 Å². The fraction of sp³-hybridized carbons (Fsp3) is 0.824. The average Bonchev–Trinajstić information content (AvgIpc) is 2.50. The van der Waals surface area contributed by atoms with Crippen molar-refractivity contribution in [3.05, 3.63) is 0 Å². The Hall–Kier alpha value is -0.796. The van der Waals surface area contributed by atoms with Crippen LogP contribution in [0, 0.1) is 5.92 Å². The maximum Gasteiger partial charge on any atom is 0.306 e. The van der Waals surface area contributed by atoms with Gasteiger partial charge in [0.15, 0.2) is 0 Å². The van der Waals surface area contributed by atoms with E-state index in [0.717, 1.165) is 36.1 Å². The fourth-order valence-corrected chi connectivity index (χ4v) is 6.32. The molecule has 2 unspecified atom stereocenters. The normalized spacial score (nSPS) is 23.0. The molecule has 0 spiro atoms. The zero-order chi connectivity index (χ0) is 18.4. The highest BCUT2D eigenvalue weighted by Crippen LogP contribution is 2.30. The molecule has 5 nitrogen and oxygen atoms in total. The largest absolute Gasteiger partial charge is 0.481 e. The standard InChI is InChI=1S/C17H32O5Si2/c1-13(18)24(3,14(2)19)12-6-7-15(16(20)21)8-10-17(23)9-4-5-11-22-17/h15H,4-12H2,1-3,23H3,(H,20,21). The molecule has 2 atom stereocenters. The number of carboxylic acids is 1. The molecule has 1 rings (SSSR count). The first-order valence-electron chi connectivity index (χ1n) is 8.99. The molecule has 7 heteroatoms.